The molecule has 0 saturated carbocycles. The fraction of sp³-hybridized carbons (Fsp3) is 0.889. The van der Waals surface area contributed by atoms with Crippen LogP contribution in [0, 0.1) is 5.92 Å². The zero-order chi connectivity index (χ0) is 8.55. The number of rotatable bonds is 1. The second kappa shape index (κ2) is 3.05. The molecule has 0 aromatic heterocycles. The molecule has 2 rings (SSSR count). The molecule has 3 heteroatoms. The predicted molar refractivity (Wildman–Crippen MR) is 44.5 cm³/mol. The minimum atomic E-state index is 0.244. The van der Waals surface area contributed by atoms with Crippen LogP contribution in [0.1, 0.15) is 25.7 Å². The van der Waals surface area contributed by atoms with E-state index in [-0.39, 0.29) is 12.5 Å². The molecule has 2 fully saturated rings. The van der Waals surface area contributed by atoms with E-state index in [1.807, 2.05) is 4.90 Å². The molecule has 2 heterocycles. The van der Waals surface area contributed by atoms with Crippen molar-refractivity contribution in [3.8, 4) is 0 Å². The maximum absolute atomic E-state index is 11.3. The van der Waals surface area contributed by atoms with Gasteiger partial charge in [-0.1, -0.05) is 0 Å². The Labute approximate surface area is 72.4 Å². The van der Waals surface area contributed by atoms with Gasteiger partial charge < -0.3 is 10.0 Å². The van der Waals surface area contributed by atoms with Gasteiger partial charge in [-0.15, -0.1) is 0 Å². The molecule has 0 spiro atoms. The highest BCUT2D eigenvalue weighted by Gasteiger charge is 2.38. The Morgan fingerprint density at radius 2 is 2.33 bits per heavy atom. The zero-order valence-electron chi connectivity index (χ0n) is 7.20. The second-order valence-electron chi connectivity index (χ2n) is 3.78. The molecule has 0 unspecified atom stereocenters. The highest BCUT2D eigenvalue weighted by Crippen LogP contribution is 2.31. The Balaban J connectivity index is 2.09. The number of hydrogen-bond donors (Lipinski definition) is 1. The standard InChI is InChI=1S/C9H15NO2/c11-6-7-2-1-5-10-8(7)3-4-9(10)12/h7-8,11H,1-6H2/t7-,8+/m0/s1. The Morgan fingerprint density at radius 1 is 1.50 bits per heavy atom. The molecule has 3 nitrogen and oxygen atoms in total. The minimum Gasteiger partial charge on any atom is -0.396 e. The van der Waals surface area contributed by atoms with Gasteiger partial charge in [-0.2, -0.15) is 0 Å². The topological polar surface area (TPSA) is 40.5 Å². The first-order valence-electron chi connectivity index (χ1n) is 4.73. The van der Waals surface area contributed by atoms with Crippen LogP contribution >= 0.6 is 0 Å². The van der Waals surface area contributed by atoms with Crippen LogP contribution in [-0.4, -0.2) is 35.1 Å². The van der Waals surface area contributed by atoms with Gasteiger partial charge in [-0.05, 0) is 19.3 Å². The van der Waals surface area contributed by atoms with Gasteiger partial charge in [-0.25, -0.2) is 0 Å². The molecule has 2 atom stereocenters. The molecular weight excluding hydrogens is 154 g/mol. The smallest absolute Gasteiger partial charge is 0.222 e. The fourth-order valence-corrected chi connectivity index (χ4v) is 2.47. The SMILES string of the molecule is O=C1CC[C@@H]2[C@H](CO)CCCN12. The van der Waals surface area contributed by atoms with Crippen LogP contribution in [0.5, 0.6) is 0 Å². The molecule has 2 aliphatic heterocycles. The summed E-state index contributed by atoms with van der Waals surface area (Å²) < 4.78 is 0. The second-order valence-corrected chi connectivity index (χ2v) is 3.78. The summed E-state index contributed by atoms with van der Waals surface area (Å²) >= 11 is 0. The van der Waals surface area contributed by atoms with E-state index in [9.17, 15) is 4.79 Å². The summed E-state index contributed by atoms with van der Waals surface area (Å²) in [6.07, 6.45) is 3.81. The van der Waals surface area contributed by atoms with Crippen molar-refractivity contribution in [3.63, 3.8) is 0 Å². The van der Waals surface area contributed by atoms with Crippen LogP contribution < -0.4 is 0 Å². The Bertz CT molecular complexity index is 193. The molecule has 0 aliphatic carbocycles. The van der Waals surface area contributed by atoms with Crippen molar-refractivity contribution < 1.29 is 9.90 Å². The highest BCUT2D eigenvalue weighted by molar-refractivity contribution is 5.78. The summed E-state index contributed by atoms with van der Waals surface area (Å²) in [4.78, 5) is 13.3. The van der Waals surface area contributed by atoms with Crippen molar-refractivity contribution in [1.29, 1.82) is 0 Å². The van der Waals surface area contributed by atoms with Crippen molar-refractivity contribution in [1.82, 2.24) is 4.90 Å². The number of hydrogen-bond acceptors (Lipinski definition) is 2. The molecule has 12 heavy (non-hydrogen) atoms. The lowest BCUT2D eigenvalue weighted by Gasteiger charge is -2.35. The van der Waals surface area contributed by atoms with Crippen LogP contribution in [0.4, 0.5) is 0 Å². The lowest BCUT2D eigenvalue weighted by molar-refractivity contribution is -0.131. The predicted octanol–water partition coefficient (Wildman–Crippen LogP) is 0.380. The van der Waals surface area contributed by atoms with Gasteiger partial charge in [-0.3, -0.25) is 4.79 Å². The number of fused-ring (bicyclic) bond motifs is 1. The molecule has 2 aliphatic rings. The van der Waals surface area contributed by atoms with E-state index in [4.69, 9.17) is 5.11 Å². The number of aliphatic hydroxyl groups is 1. The van der Waals surface area contributed by atoms with Gasteiger partial charge in [0.25, 0.3) is 0 Å². The van der Waals surface area contributed by atoms with Crippen LogP contribution in [-0.2, 0) is 4.79 Å². The number of amides is 1. The van der Waals surface area contributed by atoms with Crippen LogP contribution in [0.2, 0.25) is 0 Å². The minimum absolute atomic E-state index is 0.244. The molecule has 1 N–H and O–H groups in total. The molecule has 2 saturated heterocycles. The van der Waals surface area contributed by atoms with Crippen LogP contribution in [0.3, 0.4) is 0 Å². The van der Waals surface area contributed by atoms with E-state index in [1.165, 1.54) is 0 Å². The Morgan fingerprint density at radius 3 is 3.08 bits per heavy atom. The van der Waals surface area contributed by atoms with Crippen molar-refractivity contribution in [2.75, 3.05) is 13.2 Å². The van der Waals surface area contributed by atoms with Crippen LogP contribution in [0.25, 0.3) is 0 Å². The van der Waals surface area contributed by atoms with Crippen molar-refractivity contribution >= 4 is 5.91 Å². The van der Waals surface area contributed by atoms with Gasteiger partial charge >= 0.3 is 0 Å². The van der Waals surface area contributed by atoms with Gasteiger partial charge in [0.05, 0.1) is 0 Å². The molecular formula is C9H15NO2. The highest BCUT2D eigenvalue weighted by atomic mass is 16.3. The van der Waals surface area contributed by atoms with Gasteiger partial charge in [0.15, 0.2) is 0 Å². The summed E-state index contributed by atoms with van der Waals surface area (Å²) in [5.41, 5.74) is 0. The molecule has 68 valence electrons. The molecule has 0 aromatic carbocycles. The first-order chi connectivity index (χ1) is 5.83. The largest absolute Gasteiger partial charge is 0.396 e. The van der Waals surface area contributed by atoms with Crippen molar-refractivity contribution in [3.05, 3.63) is 0 Å². The van der Waals surface area contributed by atoms with E-state index < -0.39 is 0 Å². The first kappa shape index (κ1) is 8.05. The summed E-state index contributed by atoms with van der Waals surface area (Å²) in [6, 6.07) is 0.358. The quantitative estimate of drug-likeness (QED) is 0.616. The average Bonchev–Trinajstić information content (AvgIpc) is 2.48. The number of nitrogens with zero attached hydrogens (tertiary/aromatic N) is 1. The lowest BCUT2D eigenvalue weighted by Crippen LogP contribution is -2.43. The average molecular weight is 169 g/mol. The van der Waals surface area contributed by atoms with E-state index in [1.54, 1.807) is 0 Å². The molecule has 0 aromatic rings. The van der Waals surface area contributed by atoms with Crippen LogP contribution in [0.15, 0.2) is 0 Å². The molecule has 1 amide bonds. The fourth-order valence-electron chi connectivity index (χ4n) is 2.47. The van der Waals surface area contributed by atoms with E-state index in [2.05, 4.69) is 0 Å². The summed E-state index contributed by atoms with van der Waals surface area (Å²) in [5.74, 6) is 0.642. The molecule has 0 radical (unpaired) electrons. The maximum atomic E-state index is 11.3. The Hall–Kier alpha value is -0.570. The van der Waals surface area contributed by atoms with E-state index in [0.29, 0.717) is 18.4 Å². The van der Waals surface area contributed by atoms with Gasteiger partial charge in [0.1, 0.15) is 0 Å². The lowest BCUT2D eigenvalue weighted by atomic mass is 9.90. The van der Waals surface area contributed by atoms with E-state index >= 15 is 0 Å². The normalized spacial score (nSPS) is 35.4. The Kier molecular flexibility index (Phi) is 2.05. The third-order valence-corrected chi connectivity index (χ3v) is 3.13. The first-order valence-corrected chi connectivity index (χ1v) is 4.73. The van der Waals surface area contributed by atoms with Crippen molar-refractivity contribution in [2.45, 2.75) is 31.7 Å². The monoisotopic (exact) mass is 169 g/mol. The van der Waals surface area contributed by atoms with Crippen molar-refractivity contribution in [2.24, 2.45) is 5.92 Å². The summed E-state index contributed by atoms with van der Waals surface area (Å²) in [5, 5.41) is 9.09. The number of carbonyl (C=O) groups excluding carboxylic acids is 1. The third-order valence-electron chi connectivity index (χ3n) is 3.13. The van der Waals surface area contributed by atoms with Gasteiger partial charge in [0, 0.05) is 31.5 Å². The number of aliphatic hydroxyl groups excluding tert-OH is 1. The third kappa shape index (κ3) is 1.12. The number of piperidine rings is 1. The summed E-state index contributed by atoms with van der Waals surface area (Å²) in [7, 11) is 0. The number of carbonyl (C=O) groups is 1. The van der Waals surface area contributed by atoms with E-state index in [0.717, 1.165) is 25.8 Å². The summed E-state index contributed by atoms with van der Waals surface area (Å²) in [6.45, 7) is 1.16. The zero-order valence-corrected chi connectivity index (χ0v) is 7.20. The maximum Gasteiger partial charge on any atom is 0.222 e. The van der Waals surface area contributed by atoms with Gasteiger partial charge in [0.2, 0.25) is 5.91 Å². The molecule has 0 bridgehead atoms.